The number of aromatic nitrogens is 3. The number of hydrogen-bond acceptors (Lipinski definition) is 7. The van der Waals surface area contributed by atoms with Crippen LogP contribution in [0.2, 0.25) is 0 Å². The van der Waals surface area contributed by atoms with Crippen molar-refractivity contribution in [1.82, 2.24) is 14.8 Å². The second kappa shape index (κ2) is 11.3. The van der Waals surface area contributed by atoms with Crippen molar-refractivity contribution < 1.29 is 19.4 Å². The molecule has 3 N–H and O–H groups in total. The third kappa shape index (κ3) is 5.52. The molecule has 0 unspecified atom stereocenters. The van der Waals surface area contributed by atoms with E-state index in [0.29, 0.717) is 39.0 Å². The van der Waals surface area contributed by atoms with Gasteiger partial charge in [-0.3, -0.25) is 19.3 Å². The van der Waals surface area contributed by atoms with Gasteiger partial charge in [0.05, 0.1) is 30.2 Å². The Bertz CT molecular complexity index is 1810. The predicted octanol–water partition coefficient (Wildman–Crippen LogP) is 4.99. The first kappa shape index (κ1) is 27.0. The number of hydrogen-bond donors (Lipinski definition) is 3. The number of carbonyl (C=O) groups excluding carboxylic acids is 2. The topological polar surface area (TPSA) is 125 Å². The molecule has 6 rings (SSSR count). The van der Waals surface area contributed by atoms with Gasteiger partial charge in [0.1, 0.15) is 5.69 Å². The number of aliphatic imine (C=N–C) groups is 1. The lowest BCUT2D eigenvalue weighted by atomic mass is 10.0. The lowest BCUT2D eigenvalue weighted by Gasteiger charge is -2.28. The summed E-state index contributed by atoms with van der Waals surface area (Å²) in [4.78, 5) is 36.0. The van der Waals surface area contributed by atoms with Crippen molar-refractivity contribution in [1.29, 1.82) is 0 Å². The van der Waals surface area contributed by atoms with Crippen molar-refractivity contribution in [2.75, 3.05) is 36.5 Å². The third-order valence-electron chi connectivity index (χ3n) is 7.27. The SMILES string of the molecule is Cc1cc(C(=O)Nc2cccc(C(=O)c3ccc4[nH]c(O)c(C=Nc5ccc(N6CCOCC6)cc5)c4c3)c2)n(C)n1. The molecule has 0 bridgehead atoms. The fraction of sp³-hybridized carbons (Fsp3) is 0.188. The van der Waals surface area contributed by atoms with Crippen LogP contribution in [0.1, 0.15) is 37.7 Å². The number of aryl methyl sites for hydroxylation is 2. The van der Waals surface area contributed by atoms with Crippen molar-refractivity contribution in [2.24, 2.45) is 12.0 Å². The van der Waals surface area contributed by atoms with Crippen LogP contribution in [0.25, 0.3) is 10.9 Å². The van der Waals surface area contributed by atoms with Gasteiger partial charge in [-0.2, -0.15) is 5.10 Å². The van der Waals surface area contributed by atoms with Gasteiger partial charge < -0.3 is 25.0 Å². The van der Waals surface area contributed by atoms with Crippen molar-refractivity contribution in [3.8, 4) is 5.88 Å². The molecule has 10 heteroatoms. The number of amides is 1. The Kier molecular flexibility index (Phi) is 7.28. The molecule has 5 aromatic rings. The summed E-state index contributed by atoms with van der Waals surface area (Å²) >= 11 is 0. The number of nitrogens with one attached hydrogen (secondary N) is 2. The largest absolute Gasteiger partial charge is 0.494 e. The molecule has 10 nitrogen and oxygen atoms in total. The van der Waals surface area contributed by atoms with Crippen molar-refractivity contribution in [3.63, 3.8) is 0 Å². The normalized spacial score (nSPS) is 13.6. The van der Waals surface area contributed by atoms with Gasteiger partial charge in [0.25, 0.3) is 5.91 Å². The van der Waals surface area contributed by atoms with E-state index in [1.807, 2.05) is 31.2 Å². The van der Waals surface area contributed by atoms with Crippen molar-refractivity contribution >= 4 is 45.9 Å². The number of anilines is 2. The smallest absolute Gasteiger partial charge is 0.273 e. The lowest BCUT2D eigenvalue weighted by molar-refractivity contribution is 0.101. The fourth-order valence-corrected chi connectivity index (χ4v) is 5.10. The van der Waals surface area contributed by atoms with Crippen LogP contribution in [-0.4, -0.2) is 64.1 Å². The molecule has 1 aliphatic rings. The number of benzene rings is 3. The highest BCUT2D eigenvalue weighted by molar-refractivity contribution is 6.13. The van der Waals surface area contributed by atoms with Crippen LogP contribution in [0.5, 0.6) is 5.88 Å². The van der Waals surface area contributed by atoms with Gasteiger partial charge in [0, 0.05) is 59.8 Å². The van der Waals surface area contributed by atoms with Crippen LogP contribution in [0.3, 0.4) is 0 Å². The van der Waals surface area contributed by atoms with E-state index in [-0.39, 0.29) is 17.6 Å². The van der Waals surface area contributed by atoms with Gasteiger partial charge in [0.2, 0.25) is 0 Å². The molecule has 1 fully saturated rings. The number of aromatic amines is 1. The van der Waals surface area contributed by atoms with Gasteiger partial charge in [-0.1, -0.05) is 12.1 Å². The molecule has 1 saturated heterocycles. The molecule has 2 aromatic heterocycles. The number of aromatic hydroxyl groups is 1. The molecule has 0 aliphatic carbocycles. The van der Waals surface area contributed by atoms with Gasteiger partial charge in [-0.25, -0.2) is 0 Å². The Morgan fingerprint density at radius 3 is 2.52 bits per heavy atom. The number of H-pyrrole nitrogens is 1. The molecule has 1 aliphatic heterocycles. The van der Waals surface area contributed by atoms with E-state index in [2.05, 4.69) is 25.3 Å². The maximum absolute atomic E-state index is 13.5. The van der Waals surface area contributed by atoms with Gasteiger partial charge in [-0.15, -0.1) is 0 Å². The van der Waals surface area contributed by atoms with E-state index in [1.54, 1.807) is 61.8 Å². The highest BCUT2D eigenvalue weighted by Gasteiger charge is 2.17. The summed E-state index contributed by atoms with van der Waals surface area (Å²) in [5.41, 5.74) is 5.55. The van der Waals surface area contributed by atoms with E-state index < -0.39 is 0 Å². The Morgan fingerprint density at radius 1 is 1.02 bits per heavy atom. The van der Waals surface area contributed by atoms with Gasteiger partial charge in [0.15, 0.2) is 11.7 Å². The first-order chi connectivity index (χ1) is 20.4. The first-order valence-electron chi connectivity index (χ1n) is 13.6. The summed E-state index contributed by atoms with van der Waals surface area (Å²) in [6.45, 7) is 4.97. The van der Waals surface area contributed by atoms with Crippen molar-refractivity contribution in [2.45, 2.75) is 6.92 Å². The summed E-state index contributed by atoms with van der Waals surface area (Å²) in [5, 5.41) is 18.3. The number of rotatable bonds is 7. The summed E-state index contributed by atoms with van der Waals surface area (Å²) in [6.07, 6.45) is 1.60. The standard InChI is InChI=1S/C32H30N6O4/c1-20-16-29(37(2)36-20)32(41)34-24-5-3-4-21(17-24)30(39)22-6-11-28-26(18-22)27(31(40)35-28)19-33-23-7-9-25(10-8-23)38-12-14-42-15-13-38/h3-11,16-19,35,40H,12-15H2,1-2H3,(H,34,41). The summed E-state index contributed by atoms with van der Waals surface area (Å²) in [5.74, 6) is -0.559. The van der Waals surface area contributed by atoms with E-state index in [9.17, 15) is 14.7 Å². The van der Waals surface area contributed by atoms with Gasteiger partial charge >= 0.3 is 0 Å². The molecule has 0 spiro atoms. The average Bonchev–Trinajstić information content (AvgIpc) is 3.52. The predicted molar refractivity (Wildman–Crippen MR) is 162 cm³/mol. The van der Waals surface area contributed by atoms with E-state index in [4.69, 9.17) is 4.74 Å². The summed E-state index contributed by atoms with van der Waals surface area (Å²) in [7, 11) is 1.71. The van der Waals surface area contributed by atoms with Gasteiger partial charge in [-0.05, 0) is 67.6 Å². The monoisotopic (exact) mass is 562 g/mol. The molecule has 1 amide bonds. The second-order valence-electron chi connectivity index (χ2n) is 10.2. The minimum atomic E-state index is -0.313. The Morgan fingerprint density at radius 2 is 1.79 bits per heavy atom. The highest BCUT2D eigenvalue weighted by Crippen LogP contribution is 2.29. The van der Waals surface area contributed by atoms with Crippen LogP contribution in [0, 0.1) is 6.92 Å². The number of morpholine rings is 1. The highest BCUT2D eigenvalue weighted by atomic mass is 16.5. The molecule has 0 saturated carbocycles. The third-order valence-corrected chi connectivity index (χ3v) is 7.27. The number of ketones is 1. The number of carbonyl (C=O) groups is 2. The molecule has 42 heavy (non-hydrogen) atoms. The van der Waals surface area contributed by atoms with Crippen LogP contribution < -0.4 is 10.2 Å². The fourth-order valence-electron chi connectivity index (χ4n) is 5.10. The maximum atomic E-state index is 13.5. The molecular weight excluding hydrogens is 532 g/mol. The first-order valence-corrected chi connectivity index (χ1v) is 13.6. The molecular formula is C32H30N6O4. The zero-order valence-corrected chi connectivity index (χ0v) is 23.3. The van der Waals surface area contributed by atoms with Crippen LogP contribution in [-0.2, 0) is 11.8 Å². The Hall–Kier alpha value is -5.22. The van der Waals surface area contributed by atoms with Crippen LogP contribution in [0.15, 0.2) is 77.8 Å². The maximum Gasteiger partial charge on any atom is 0.273 e. The molecule has 212 valence electrons. The molecule has 0 atom stereocenters. The number of nitrogens with zero attached hydrogens (tertiary/aromatic N) is 4. The van der Waals surface area contributed by atoms with Crippen molar-refractivity contribution in [3.05, 3.63) is 101 Å². The van der Waals surface area contributed by atoms with E-state index >= 15 is 0 Å². The summed E-state index contributed by atoms with van der Waals surface area (Å²) < 4.78 is 6.94. The Balaban J connectivity index is 1.22. The molecule has 3 heterocycles. The minimum Gasteiger partial charge on any atom is -0.494 e. The second-order valence-corrected chi connectivity index (χ2v) is 10.2. The zero-order chi connectivity index (χ0) is 29.2. The van der Waals surface area contributed by atoms with Crippen LogP contribution in [0.4, 0.5) is 17.1 Å². The number of ether oxygens (including phenoxy) is 1. The van der Waals surface area contributed by atoms with E-state index in [1.165, 1.54) is 4.68 Å². The van der Waals surface area contributed by atoms with E-state index in [0.717, 1.165) is 43.4 Å². The lowest BCUT2D eigenvalue weighted by Crippen LogP contribution is -2.36. The average molecular weight is 563 g/mol. The summed E-state index contributed by atoms with van der Waals surface area (Å²) in [6, 6.07) is 21.6. The zero-order valence-electron chi connectivity index (χ0n) is 23.3. The quantitative estimate of drug-likeness (QED) is 0.190. The molecule has 3 aromatic carbocycles. The minimum absolute atomic E-state index is 0.0293. The number of fused-ring (bicyclic) bond motifs is 1. The van der Waals surface area contributed by atoms with Crippen LogP contribution >= 0.6 is 0 Å². The molecule has 0 radical (unpaired) electrons. The Labute approximate surface area is 242 Å².